The van der Waals surface area contributed by atoms with Crippen LogP contribution in [0.2, 0.25) is 10.3 Å². The van der Waals surface area contributed by atoms with E-state index in [9.17, 15) is 0 Å². The minimum absolute atomic E-state index is 0.311. The molecule has 0 spiro atoms. The summed E-state index contributed by atoms with van der Waals surface area (Å²) >= 11 is 12.6. The lowest BCUT2D eigenvalue weighted by Gasteiger charge is -2.09. The number of furan rings is 1. The van der Waals surface area contributed by atoms with Crippen LogP contribution in [-0.4, -0.2) is 9.97 Å². The molecule has 100 valence electrons. The molecule has 2 aromatic heterocycles. The van der Waals surface area contributed by atoms with Crippen molar-refractivity contribution in [3.8, 4) is 22.7 Å². The minimum atomic E-state index is 0.311. The molecule has 0 aliphatic carbocycles. The van der Waals surface area contributed by atoms with Crippen LogP contribution in [0.4, 0.5) is 0 Å². The van der Waals surface area contributed by atoms with Crippen molar-refractivity contribution in [2.24, 2.45) is 0 Å². The van der Waals surface area contributed by atoms with Crippen LogP contribution < -0.4 is 0 Å². The normalized spacial score (nSPS) is 10.8. The number of rotatable bonds is 2. The third-order valence-corrected chi connectivity index (χ3v) is 3.52. The molecule has 20 heavy (non-hydrogen) atoms. The number of benzene rings is 1. The Balaban J connectivity index is 2.17. The number of aromatic nitrogens is 2. The summed E-state index contributed by atoms with van der Waals surface area (Å²) < 4.78 is 5.26. The van der Waals surface area contributed by atoms with Gasteiger partial charge in [-0.25, -0.2) is 9.97 Å². The van der Waals surface area contributed by atoms with E-state index in [1.807, 2.05) is 31.2 Å². The molecular weight excluding hydrogens is 295 g/mol. The average molecular weight is 305 g/mol. The van der Waals surface area contributed by atoms with Crippen molar-refractivity contribution in [3.63, 3.8) is 0 Å². The van der Waals surface area contributed by atoms with Crippen LogP contribution in [0.25, 0.3) is 22.7 Å². The second kappa shape index (κ2) is 5.27. The predicted molar refractivity (Wildman–Crippen MR) is 79.9 cm³/mol. The average Bonchev–Trinajstić information content (AvgIpc) is 2.94. The van der Waals surface area contributed by atoms with E-state index in [-0.39, 0.29) is 0 Å². The van der Waals surface area contributed by atoms with Gasteiger partial charge in [-0.1, -0.05) is 47.5 Å². The molecule has 0 atom stereocenters. The lowest BCUT2D eigenvalue weighted by Crippen LogP contribution is -1.95. The van der Waals surface area contributed by atoms with E-state index in [0.717, 1.165) is 11.1 Å². The SMILES string of the molecule is Cc1ccccc1-c1c(Cl)nc(-c2ccco2)nc1Cl. The Morgan fingerprint density at radius 3 is 2.25 bits per heavy atom. The highest BCUT2D eigenvalue weighted by Gasteiger charge is 2.16. The van der Waals surface area contributed by atoms with E-state index in [2.05, 4.69) is 9.97 Å². The van der Waals surface area contributed by atoms with Gasteiger partial charge in [0.1, 0.15) is 10.3 Å². The van der Waals surface area contributed by atoms with Gasteiger partial charge in [0.25, 0.3) is 0 Å². The van der Waals surface area contributed by atoms with Crippen molar-refractivity contribution in [1.29, 1.82) is 0 Å². The Morgan fingerprint density at radius 2 is 1.65 bits per heavy atom. The van der Waals surface area contributed by atoms with Crippen molar-refractivity contribution in [3.05, 3.63) is 58.5 Å². The molecule has 0 radical (unpaired) electrons. The minimum Gasteiger partial charge on any atom is -0.461 e. The van der Waals surface area contributed by atoms with Gasteiger partial charge in [0, 0.05) is 0 Å². The molecule has 0 fully saturated rings. The molecule has 1 aromatic carbocycles. The van der Waals surface area contributed by atoms with Gasteiger partial charge < -0.3 is 4.42 Å². The van der Waals surface area contributed by atoms with Gasteiger partial charge >= 0.3 is 0 Å². The van der Waals surface area contributed by atoms with Crippen LogP contribution in [0, 0.1) is 6.92 Å². The summed E-state index contributed by atoms with van der Waals surface area (Å²) in [4.78, 5) is 8.54. The molecule has 0 aliphatic rings. The molecule has 0 unspecified atom stereocenters. The summed E-state index contributed by atoms with van der Waals surface area (Å²) in [5, 5.41) is 0.622. The second-order valence-electron chi connectivity index (χ2n) is 4.30. The maximum absolute atomic E-state index is 6.28. The summed E-state index contributed by atoms with van der Waals surface area (Å²) in [6, 6.07) is 11.3. The summed E-state index contributed by atoms with van der Waals surface area (Å²) in [5.41, 5.74) is 2.63. The zero-order valence-electron chi connectivity index (χ0n) is 10.6. The Hall–Kier alpha value is -1.84. The standard InChI is InChI=1S/C15H10Cl2N2O/c1-9-5-2-3-6-10(9)12-13(16)18-15(19-14(12)17)11-7-4-8-20-11/h2-8H,1H3. The van der Waals surface area contributed by atoms with Crippen LogP contribution in [0.1, 0.15) is 5.56 Å². The summed E-state index contributed by atoms with van der Waals surface area (Å²) in [6.45, 7) is 1.99. The van der Waals surface area contributed by atoms with E-state index >= 15 is 0 Å². The maximum atomic E-state index is 6.28. The maximum Gasteiger partial charge on any atom is 0.198 e. The van der Waals surface area contributed by atoms with E-state index in [1.165, 1.54) is 0 Å². The molecule has 2 heterocycles. The first-order valence-electron chi connectivity index (χ1n) is 5.99. The van der Waals surface area contributed by atoms with Crippen LogP contribution in [0.3, 0.4) is 0 Å². The first kappa shape index (κ1) is 13.2. The monoisotopic (exact) mass is 304 g/mol. The Kier molecular flexibility index (Phi) is 3.47. The third kappa shape index (κ3) is 2.30. The largest absolute Gasteiger partial charge is 0.461 e. The lowest BCUT2D eigenvalue weighted by atomic mass is 10.0. The Labute approximate surface area is 126 Å². The predicted octanol–water partition coefficient (Wildman–Crippen LogP) is 5.02. The first-order chi connectivity index (χ1) is 9.66. The summed E-state index contributed by atoms with van der Waals surface area (Å²) in [7, 11) is 0. The smallest absolute Gasteiger partial charge is 0.198 e. The number of halogens is 2. The third-order valence-electron chi connectivity index (χ3n) is 2.98. The summed E-state index contributed by atoms with van der Waals surface area (Å²) in [6.07, 6.45) is 1.55. The molecule has 0 saturated heterocycles. The van der Waals surface area contributed by atoms with Gasteiger partial charge in [-0.15, -0.1) is 0 Å². The van der Waals surface area contributed by atoms with E-state index in [4.69, 9.17) is 27.6 Å². The Morgan fingerprint density at radius 1 is 0.950 bits per heavy atom. The van der Waals surface area contributed by atoms with Crippen molar-refractivity contribution in [2.45, 2.75) is 6.92 Å². The number of hydrogen-bond donors (Lipinski definition) is 0. The lowest BCUT2D eigenvalue weighted by molar-refractivity contribution is 0.577. The number of hydrogen-bond acceptors (Lipinski definition) is 3. The van der Waals surface area contributed by atoms with Gasteiger partial charge in [-0.2, -0.15) is 0 Å². The highest BCUT2D eigenvalue weighted by atomic mass is 35.5. The van der Waals surface area contributed by atoms with E-state index < -0.39 is 0 Å². The highest BCUT2D eigenvalue weighted by molar-refractivity contribution is 6.37. The van der Waals surface area contributed by atoms with Crippen LogP contribution in [0.5, 0.6) is 0 Å². The van der Waals surface area contributed by atoms with E-state index in [0.29, 0.717) is 27.5 Å². The fraction of sp³-hybridized carbons (Fsp3) is 0.0667. The zero-order chi connectivity index (χ0) is 14.1. The van der Waals surface area contributed by atoms with Crippen molar-refractivity contribution in [2.75, 3.05) is 0 Å². The molecule has 3 aromatic rings. The molecule has 3 rings (SSSR count). The molecule has 0 amide bonds. The van der Waals surface area contributed by atoms with E-state index in [1.54, 1.807) is 18.4 Å². The van der Waals surface area contributed by atoms with Crippen molar-refractivity contribution in [1.82, 2.24) is 9.97 Å². The molecule has 0 aliphatic heterocycles. The topological polar surface area (TPSA) is 38.9 Å². The number of nitrogens with zero attached hydrogens (tertiary/aromatic N) is 2. The zero-order valence-corrected chi connectivity index (χ0v) is 12.1. The van der Waals surface area contributed by atoms with Gasteiger partial charge in [-0.3, -0.25) is 0 Å². The van der Waals surface area contributed by atoms with Gasteiger partial charge in [0.15, 0.2) is 11.6 Å². The quantitative estimate of drug-likeness (QED) is 0.624. The van der Waals surface area contributed by atoms with Crippen molar-refractivity contribution < 1.29 is 4.42 Å². The van der Waals surface area contributed by atoms with Crippen molar-refractivity contribution >= 4 is 23.2 Å². The van der Waals surface area contributed by atoms with Crippen LogP contribution >= 0.6 is 23.2 Å². The van der Waals surface area contributed by atoms with Crippen LogP contribution in [0.15, 0.2) is 47.1 Å². The molecular formula is C15H10Cl2N2O. The molecule has 3 nitrogen and oxygen atoms in total. The molecule has 0 N–H and O–H groups in total. The molecule has 0 bridgehead atoms. The highest BCUT2D eigenvalue weighted by Crippen LogP contribution is 2.35. The molecule has 5 heteroatoms. The fourth-order valence-electron chi connectivity index (χ4n) is 2.00. The fourth-order valence-corrected chi connectivity index (χ4v) is 2.59. The second-order valence-corrected chi connectivity index (χ2v) is 5.01. The summed E-state index contributed by atoms with van der Waals surface area (Å²) in [5.74, 6) is 0.910. The molecule has 0 saturated carbocycles. The first-order valence-corrected chi connectivity index (χ1v) is 6.75. The van der Waals surface area contributed by atoms with Gasteiger partial charge in [0.2, 0.25) is 0 Å². The Bertz CT molecular complexity index is 731. The van der Waals surface area contributed by atoms with Crippen LogP contribution in [-0.2, 0) is 0 Å². The van der Waals surface area contributed by atoms with Gasteiger partial charge in [-0.05, 0) is 30.2 Å². The van der Waals surface area contributed by atoms with Gasteiger partial charge in [0.05, 0.1) is 11.8 Å². The number of aryl methyl sites for hydroxylation is 1.